The molecule has 1 N–H and O–H groups in total. The van der Waals surface area contributed by atoms with E-state index in [0.29, 0.717) is 5.92 Å². The number of hydrogen-bond acceptors (Lipinski definition) is 2. The van der Waals surface area contributed by atoms with Crippen LogP contribution in [0.5, 0.6) is 0 Å². The second-order valence-corrected chi connectivity index (χ2v) is 3.88. The van der Waals surface area contributed by atoms with Crippen molar-refractivity contribution in [1.29, 1.82) is 0 Å². The zero-order chi connectivity index (χ0) is 9.97. The van der Waals surface area contributed by atoms with Gasteiger partial charge in [0.15, 0.2) is 0 Å². The Kier molecular flexibility index (Phi) is 2.68. The molecule has 1 fully saturated rings. The van der Waals surface area contributed by atoms with E-state index in [2.05, 4.69) is 10.2 Å². The van der Waals surface area contributed by atoms with Crippen molar-refractivity contribution in [3.63, 3.8) is 0 Å². The van der Waals surface area contributed by atoms with Crippen LogP contribution < -0.4 is 10.2 Å². The van der Waals surface area contributed by atoms with Gasteiger partial charge in [0.1, 0.15) is 5.82 Å². The Morgan fingerprint density at radius 2 is 2.29 bits per heavy atom. The van der Waals surface area contributed by atoms with Crippen LogP contribution >= 0.6 is 0 Å². The Morgan fingerprint density at radius 1 is 1.50 bits per heavy atom. The van der Waals surface area contributed by atoms with Crippen LogP contribution in [0.1, 0.15) is 0 Å². The monoisotopic (exact) mass is 194 g/mol. The van der Waals surface area contributed by atoms with E-state index in [4.69, 9.17) is 0 Å². The lowest BCUT2D eigenvalue weighted by Gasteiger charge is -2.32. The standard InChI is InChI=1S/C11H15FN2/c1-14(8-9-6-13-7-9)11-4-2-3-10(12)5-11/h2-5,9,13H,6-8H2,1H3. The summed E-state index contributed by atoms with van der Waals surface area (Å²) >= 11 is 0. The molecule has 1 heterocycles. The van der Waals surface area contributed by atoms with Crippen LogP contribution in [0, 0.1) is 11.7 Å². The van der Waals surface area contributed by atoms with Crippen LogP contribution in [0.3, 0.4) is 0 Å². The summed E-state index contributed by atoms with van der Waals surface area (Å²) in [6, 6.07) is 6.74. The Morgan fingerprint density at radius 3 is 2.86 bits per heavy atom. The molecule has 14 heavy (non-hydrogen) atoms. The highest BCUT2D eigenvalue weighted by Gasteiger charge is 2.18. The van der Waals surface area contributed by atoms with Gasteiger partial charge in [0.05, 0.1) is 0 Å². The van der Waals surface area contributed by atoms with Crippen LogP contribution in [0.4, 0.5) is 10.1 Å². The van der Waals surface area contributed by atoms with Gasteiger partial charge in [-0.05, 0) is 18.2 Å². The Hall–Kier alpha value is -1.09. The first-order valence-corrected chi connectivity index (χ1v) is 4.93. The average Bonchev–Trinajstić information content (AvgIpc) is 2.11. The van der Waals surface area contributed by atoms with E-state index in [9.17, 15) is 4.39 Å². The largest absolute Gasteiger partial charge is 0.374 e. The molecule has 0 aliphatic carbocycles. The van der Waals surface area contributed by atoms with Gasteiger partial charge in [0.25, 0.3) is 0 Å². The molecule has 1 aliphatic heterocycles. The quantitative estimate of drug-likeness (QED) is 0.784. The van der Waals surface area contributed by atoms with Crippen LogP contribution in [0.25, 0.3) is 0 Å². The zero-order valence-corrected chi connectivity index (χ0v) is 8.33. The first-order chi connectivity index (χ1) is 6.75. The third kappa shape index (κ3) is 2.04. The molecule has 76 valence electrons. The normalized spacial score (nSPS) is 16.4. The second kappa shape index (κ2) is 3.96. The minimum atomic E-state index is -0.166. The molecule has 1 saturated heterocycles. The molecule has 2 nitrogen and oxygen atoms in total. The van der Waals surface area contributed by atoms with Gasteiger partial charge in [-0.3, -0.25) is 0 Å². The van der Waals surface area contributed by atoms with E-state index in [0.717, 1.165) is 25.3 Å². The summed E-state index contributed by atoms with van der Waals surface area (Å²) in [4.78, 5) is 2.11. The molecule has 1 aliphatic rings. The molecule has 3 heteroatoms. The van der Waals surface area contributed by atoms with Gasteiger partial charge in [-0.2, -0.15) is 0 Å². The van der Waals surface area contributed by atoms with Crippen molar-refractivity contribution in [3.8, 4) is 0 Å². The molecule has 0 unspecified atom stereocenters. The molecule has 0 saturated carbocycles. The maximum Gasteiger partial charge on any atom is 0.125 e. The number of halogens is 1. The molecule has 1 aromatic rings. The molecule has 0 spiro atoms. The van der Waals surface area contributed by atoms with Gasteiger partial charge in [0, 0.05) is 38.3 Å². The van der Waals surface area contributed by atoms with E-state index < -0.39 is 0 Å². The fourth-order valence-corrected chi connectivity index (χ4v) is 1.68. The summed E-state index contributed by atoms with van der Waals surface area (Å²) < 4.78 is 12.9. The fraction of sp³-hybridized carbons (Fsp3) is 0.455. The maximum absolute atomic E-state index is 12.9. The fourth-order valence-electron chi connectivity index (χ4n) is 1.68. The first kappa shape index (κ1) is 9.46. The number of benzene rings is 1. The summed E-state index contributed by atoms with van der Waals surface area (Å²) in [6.45, 7) is 3.16. The van der Waals surface area contributed by atoms with Crippen molar-refractivity contribution in [2.45, 2.75) is 0 Å². The number of anilines is 1. The Balaban J connectivity index is 1.98. The van der Waals surface area contributed by atoms with Crippen molar-refractivity contribution >= 4 is 5.69 Å². The van der Waals surface area contributed by atoms with Gasteiger partial charge in [-0.1, -0.05) is 6.07 Å². The molecule has 0 amide bonds. The van der Waals surface area contributed by atoms with Crippen molar-refractivity contribution in [2.75, 3.05) is 31.6 Å². The molecule has 0 bridgehead atoms. The van der Waals surface area contributed by atoms with E-state index >= 15 is 0 Å². The summed E-state index contributed by atoms with van der Waals surface area (Å²) in [5.41, 5.74) is 0.955. The average molecular weight is 194 g/mol. The molecule has 0 radical (unpaired) electrons. The molecular formula is C11H15FN2. The van der Waals surface area contributed by atoms with Crippen molar-refractivity contribution in [2.24, 2.45) is 5.92 Å². The molecule has 0 atom stereocenters. The molecule has 2 rings (SSSR count). The Bertz CT molecular complexity index is 310. The summed E-state index contributed by atoms with van der Waals surface area (Å²) in [5, 5.41) is 3.23. The highest BCUT2D eigenvalue weighted by Crippen LogP contribution is 2.16. The van der Waals surface area contributed by atoms with Gasteiger partial charge in [0.2, 0.25) is 0 Å². The maximum atomic E-state index is 12.9. The number of hydrogen-bond donors (Lipinski definition) is 1. The zero-order valence-electron chi connectivity index (χ0n) is 8.33. The third-order valence-electron chi connectivity index (χ3n) is 2.65. The van der Waals surface area contributed by atoms with E-state index in [1.54, 1.807) is 12.1 Å². The molecular weight excluding hydrogens is 179 g/mol. The van der Waals surface area contributed by atoms with Gasteiger partial charge in [-0.25, -0.2) is 4.39 Å². The van der Waals surface area contributed by atoms with Crippen LogP contribution in [0.15, 0.2) is 24.3 Å². The predicted molar refractivity (Wildman–Crippen MR) is 56.0 cm³/mol. The van der Waals surface area contributed by atoms with Crippen molar-refractivity contribution in [1.82, 2.24) is 5.32 Å². The number of rotatable bonds is 3. The van der Waals surface area contributed by atoms with Crippen molar-refractivity contribution < 1.29 is 4.39 Å². The van der Waals surface area contributed by atoms with Crippen molar-refractivity contribution in [3.05, 3.63) is 30.1 Å². The van der Waals surface area contributed by atoms with Gasteiger partial charge in [-0.15, -0.1) is 0 Å². The lowest BCUT2D eigenvalue weighted by molar-refractivity contribution is 0.353. The van der Waals surface area contributed by atoms with Gasteiger partial charge < -0.3 is 10.2 Å². The van der Waals surface area contributed by atoms with E-state index in [1.807, 2.05) is 13.1 Å². The summed E-state index contributed by atoms with van der Waals surface area (Å²) in [7, 11) is 2.01. The minimum Gasteiger partial charge on any atom is -0.374 e. The van der Waals surface area contributed by atoms with Crippen LogP contribution in [-0.4, -0.2) is 26.7 Å². The lowest BCUT2D eigenvalue weighted by atomic mass is 10.0. The van der Waals surface area contributed by atoms with Crippen LogP contribution in [0.2, 0.25) is 0 Å². The smallest absolute Gasteiger partial charge is 0.125 e. The molecule has 0 aromatic heterocycles. The number of nitrogens with zero attached hydrogens (tertiary/aromatic N) is 1. The highest BCUT2D eigenvalue weighted by atomic mass is 19.1. The minimum absolute atomic E-state index is 0.166. The Labute approximate surface area is 83.7 Å². The topological polar surface area (TPSA) is 15.3 Å². The van der Waals surface area contributed by atoms with Gasteiger partial charge >= 0.3 is 0 Å². The SMILES string of the molecule is CN(CC1CNC1)c1cccc(F)c1. The van der Waals surface area contributed by atoms with E-state index in [-0.39, 0.29) is 5.82 Å². The second-order valence-electron chi connectivity index (χ2n) is 3.88. The molecule has 1 aromatic carbocycles. The predicted octanol–water partition coefficient (Wildman–Crippen LogP) is 1.48. The number of nitrogens with one attached hydrogen (secondary N) is 1. The first-order valence-electron chi connectivity index (χ1n) is 4.93. The summed E-state index contributed by atoms with van der Waals surface area (Å²) in [5.74, 6) is 0.546. The summed E-state index contributed by atoms with van der Waals surface area (Å²) in [6.07, 6.45) is 0. The van der Waals surface area contributed by atoms with Crippen LogP contribution in [-0.2, 0) is 0 Å². The lowest BCUT2D eigenvalue weighted by Crippen LogP contribution is -2.47. The highest BCUT2D eigenvalue weighted by molar-refractivity contribution is 5.45. The van der Waals surface area contributed by atoms with E-state index in [1.165, 1.54) is 6.07 Å². The third-order valence-corrected chi connectivity index (χ3v) is 2.65.